The molecule has 0 radical (unpaired) electrons. The van der Waals surface area contributed by atoms with Gasteiger partial charge in [0.2, 0.25) is 0 Å². The highest BCUT2D eigenvalue weighted by Crippen LogP contribution is 2.28. The molecule has 1 unspecified atom stereocenters. The van der Waals surface area contributed by atoms with Gasteiger partial charge in [-0.05, 0) is 30.7 Å². The predicted octanol–water partition coefficient (Wildman–Crippen LogP) is 2.58. The normalized spacial score (nSPS) is 19.6. The molecule has 1 atom stereocenters. The smallest absolute Gasteiger partial charge is 0.0499 e. The number of ether oxygens (including phenoxy) is 1. The van der Waals surface area contributed by atoms with E-state index >= 15 is 0 Å². The minimum atomic E-state index is 0.251. The van der Waals surface area contributed by atoms with Crippen molar-refractivity contribution in [3.05, 3.63) is 35.9 Å². The molecule has 0 spiro atoms. The van der Waals surface area contributed by atoms with Gasteiger partial charge in [0.05, 0.1) is 0 Å². The molecule has 1 aromatic rings. The fourth-order valence-electron chi connectivity index (χ4n) is 2.43. The Morgan fingerprint density at radius 1 is 1.19 bits per heavy atom. The maximum absolute atomic E-state index is 9.48. The fraction of sp³-hybridized carbons (Fsp3) is 0.571. The van der Waals surface area contributed by atoms with Crippen molar-refractivity contribution < 1.29 is 9.84 Å². The van der Waals surface area contributed by atoms with Gasteiger partial charge in [-0.3, -0.25) is 0 Å². The number of hydrogen-bond donors (Lipinski definition) is 1. The van der Waals surface area contributed by atoms with E-state index in [1.807, 2.05) is 18.2 Å². The molecule has 0 bridgehead atoms. The molecule has 2 heteroatoms. The topological polar surface area (TPSA) is 29.5 Å². The zero-order valence-electron chi connectivity index (χ0n) is 9.64. The van der Waals surface area contributed by atoms with Crippen LogP contribution in [0.5, 0.6) is 0 Å². The summed E-state index contributed by atoms with van der Waals surface area (Å²) in [5.74, 6) is 1.01. The quantitative estimate of drug-likeness (QED) is 0.845. The van der Waals surface area contributed by atoms with Crippen molar-refractivity contribution in [3.8, 4) is 0 Å². The van der Waals surface area contributed by atoms with E-state index in [-0.39, 0.29) is 6.61 Å². The molecular formula is C14H20O2. The van der Waals surface area contributed by atoms with Gasteiger partial charge >= 0.3 is 0 Å². The highest BCUT2D eigenvalue weighted by atomic mass is 16.5. The average molecular weight is 220 g/mol. The lowest BCUT2D eigenvalue weighted by molar-refractivity contribution is 0.0591. The average Bonchev–Trinajstić information content (AvgIpc) is 2.38. The molecule has 1 heterocycles. The molecule has 1 fully saturated rings. The minimum absolute atomic E-state index is 0.251. The molecule has 0 aromatic heterocycles. The van der Waals surface area contributed by atoms with E-state index in [2.05, 4.69) is 12.1 Å². The lowest BCUT2D eigenvalue weighted by Gasteiger charge is -2.26. The molecule has 1 aliphatic heterocycles. The number of aliphatic hydroxyl groups excluding tert-OH is 1. The van der Waals surface area contributed by atoms with Gasteiger partial charge in [-0.1, -0.05) is 30.3 Å². The predicted molar refractivity (Wildman–Crippen MR) is 64.4 cm³/mol. The third kappa shape index (κ3) is 3.06. The summed E-state index contributed by atoms with van der Waals surface area (Å²) in [4.78, 5) is 0. The first-order valence-corrected chi connectivity index (χ1v) is 6.13. The van der Waals surface area contributed by atoms with Gasteiger partial charge in [-0.2, -0.15) is 0 Å². The van der Waals surface area contributed by atoms with Crippen molar-refractivity contribution in [3.63, 3.8) is 0 Å². The highest BCUT2D eigenvalue weighted by molar-refractivity contribution is 5.19. The lowest BCUT2D eigenvalue weighted by Crippen LogP contribution is -2.19. The van der Waals surface area contributed by atoms with Crippen LogP contribution in [0.3, 0.4) is 0 Å². The van der Waals surface area contributed by atoms with E-state index in [4.69, 9.17) is 4.74 Å². The Bertz CT molecular complexity index is 291. The Hall–Kier alpha value is -0.860. The number of hydrogen-bond acceptors (Lipinski definition) is 2. The second-order valence-corrected chi connectivity index (χ2v) is 4.58. The van der Waals surface area contributed by atoms with Gasteiger partial charge in [0.25, 0.3) is 0 Å². The van der Waals surface area contributed by atoms with Crippen molar-refractivity contribution in [2.75, 3.05) is 19.8 Å². The Morgan fingerprint density at radius 2 is 1.88 bits per heavy atom. The fourth-order valence-corrected chi connectivity index (χ4v) is 2.43. The molecule has 1 aliphatic rings. The van der Waals surface area contributed by atoms with Crippen LogP contribution in [0.25, 0.3) is 0 Å². The molecule has 0 aliphatic carbocycles. The van der Waals surface area contributed by atoms with Gasteiger partial charge in [-0.25, -0.2) is 0 Å². The van der Waals surface area contributed by atoms with Gasteiger partial charge in [0, 0.05) is 25.7 Å². The third-order valence-corrected chi connectivity index (χ3v) is 3.45. The van der Waals surface area contributed by atoms with Crippen LogP contribution >= 0.6 is 0 Å². The Kier molecular flexibility index (Phi) is 4.37. The monoisotopic (exact) mass is 220 g/mol. The molecule has 0 amide bonds. The van der Waals surface area contributed by atoms with Gasteiger partial charge < -0.3 is 9.84 Å². The molecule has 16 heavy (non-hydrogen) atoms. The summed E-state index contributed by atoms with van der Waals surface area (Å²) in [6, 6.07) is 10.3. The molecule has 1 saturated heterocycles. The number of aliphatic hydroxyl groups is 1. The lowest BCUT2D eigenvalue weighted by atomic mass is 9.85. The van der Waals surface area contributed by atoms with E-state index in [1.54, 1.807) is 0 Å². The van der Waals surface area contributed by atoms with Crippen LogP contribution in [0.2, 0.25) is 0 Å². The Labute approximate surface area is 97.3 Å². The Morgan fingerprint density at radius 3 is 2.50 bits per heavy atom. The molecule has 1 N–H and O–H groups in total. The molecular weight excluding hydrogens is 200 g/mol. The van der Waals surface area contributed by atoms with Crippen molar-refractivity contribution >= 4 is 0 Å². The van der Waals surface area contributed by atoms with Crippen LogP contribution in [0.15, 0.2) is 30.3 Å². The maximum Gasteiger partial charge on any atom is 0.0499 e. The third-order valence-electron chi connectivity index (χ3n) is 3.45. The van der Waals surface area contributed by atoms with Crippen LogP contribution in [0, 0.1) is 5.92 Å². The minimum Gasteiger partial charge on any atom is -0.396 e. The van der Waals surface area contributed by atoms with Crippen LogP contribution in [-0.2, 0) is 4.74 Å². The van der Waals surface area contributed by atoms with Crippen LogP contribution in [0.4, 0.5) is 0 Å². The first kappa shape index (κ1) is 11.6. The van der Waals surface area contributed by atoms with Crippen molar-refractivity contribution in [2.24, 2.45) is 5.92 Å². The Balaban J connectivity index is 1.94. The molecule has 2 nitrogen and oxygen atoms in total. The summed E-state index contributed by atoms with van der Waals surface area (Å²) in [5.41, 5.74) is 1.26. The van der Waals surface area contributed by atoms with E-state index in [0.29, 0.717) is 11.8 Å². The van der Waals surface area contributed by atoms with E-state index < -0.39 is 0 Å². The van der Waals surface area contributed by atoms with Crippen molar-refractivity contribution in [1.82, 2.24) is 0 Å². The first-order valence-electron chi connectivity index (χ1n) is 6.13. The summed E-state index contributed by atoms with van der Waals surface area (Å²) in [5, 5.41) is 9.48. The van der Waals surface area contributed by atoms with E-state index in [0.717, 1.165) is 32.5 Å². The highest BCUT2D eigenvalue weighted by Gasteiger charge is 2.19. The summed E-state index contributed by atoms with van der Waals surface area (Å²) in [6.07, 6.45) is 3.37. The molecule has 1 aromatic carbocycles. The van der Waals surface area contributed by atoms with E-state index in [9.17, 15) is 5.11 Å². The molecule has 2 rings (SSSR count). The second-order valence-electron chi connectivity index (χ2n) is 4.58. The summed E-state index contributed by atoms with van der Waals surface area (Å²) < 4.78 is 5.36. The van der Waals surface area contributed by atoms with Crippen LogP contribution in [0.1, 0.15) is 30.7 Å². The maximum atomic E-state index is 9.48. The van der Waals surface area contributed by atoms with Crippen LogP contribution in [-0.4, -0.2) is 24.9 Å². The van der Waals surface area contributed by atoms with Crippen molar-refractivity contribution in [1.29, 1.82) is 0 Å². The zero-order chi connectivity index (χ0) is 11.2. The van der Waals surface area contributed by atoms with Gasteiger partial charge in [0.1, 0.15) is 0 Å². The molecule has 0 saturated carbocycles. The number of benzene rings is 1. The van der Waals surface area contributed by atoms with Gasteiger partial charge in [0.15, 0.2) is 0 Å². The van der Waals surface area contributed by atoms with Crippen molar-refractivity contribution in [2.45, 2.75) is 25.2 Å². The second kappa shape index (κ2) is 6.02. The largest absolute Gasteiger partial charge is 0.396 e. The summed E-state index contributed by atoms with van der Waals surface area (Å²) in [7, 11) is 0. The zero-order valence-corrected chi connectivity index (χ0v) is 9.64. The summed E-state index contributed by atoms with van der Waals surface area (Å²) >= 11 is 0. The van der Waals surface area contributed by atoms with E-state index in [1.165, 1.54) is 5.56 Å². The first-order chi connectivity index (χ1) is 7.90. The number of rotatable bonds is 4. The van der Waals surface area contributed by atoms with Gasteiger partial charge in [-0.15, -0.1) is 0 Å². The van der Waals surface area contributed by atoms with Crippen LogP contribution < -0.4 is 0 Å². The standard InChI is InChI=1S/C14H20O2/c15-11-14(13-4-2-1-3-5-13)10-12-6-8-16-9-7-12/h1-5,12,14-15H,6-11H2. The molecule has 88 valence electrons. The SMILES string of the molecule is OCC(CC1CCOCC1)c1ccccc1. The summed E-state index contributed by atoms with van der Waals surface area (Å²) in [6.45, 7) is 2.02.